The largest absolute Gasteiger partial charge is 0.458 e. The third-order valence-electron chi connectivity index (χ3n) is 8.17. The van der Waals surface area contributed by atoms with Gasteiger partial charge in [-0.25, -0.2) is 9.18 Å². The van der Waals surface area contributed by atoms with Gasteiger partial charge in [0.05, 0.1) is 34.6 Å². The fourth-order valence-electron chi connectivity index (χ4n) is 6.13. The highest BCUT2D eigenvalue weighted by molar-refractivity contribution is 5.88. The lowest BCUT2D eigenvalue weighted by Crippen LogP contribution is -2.44. The number of carbonyl (C=O) groups is 1. The van der Waals surface area contributed by atoms with Crippen LogP contribution in [0.5, 0.6) is 0 Å². The number of ether oxygens (including phenoxy) is 1. The Kier molecular flexibility index (Phi) is 5.04. The zero-order chi connectivity index (χ0) is 25.5. The minimum Gasteiger partial charge on any atom is -0.458 e. The SMILES string of the molecule is CC[C@@]1(O)C(=O)OCc2c1cc1n(c2=O)Cc2c-1c(=O)c1cc(F)ccc1n2[C@@H]1CCN(C(C)C)C1. The standard InChI is InChI=1S/C27H28FN3O5/c1-4-27(35)19-10-21-23-22(12-30(21)25(33)18(19)13-36-26(27)34)31(16-7-8-29(11-16)14(2)3)20-6-5-15(28)9-17(20)24(23)32/h5-6,9-10,14,16,35H,4,7-8,11-13H2,1-3H3/t16-,27+/m1/s1. The van der Waals surface area contributed by atoms with Crippen LogP contribution in [-0.2, 0) is 28.3 Å². The molecular weight excluding hydrogens is 465 g/mol. The number of likely N-dealkylation sites (tertiary alicyclic amines) is 1. The summed E-state index contributed by atoms with van der Waals surface area (Å²) in [4.78, 5) is 42.2. The number of aliphatic hydroxyl groups is 1. The Hall–Kier alpha value is -3.30. The third kappa shape index (κ3) is 3.02. The molecule has 3 aromatic rings. The first-order chi connectivity index (χ1) is 17.2. The van der Waals surface area contributed by atoms with E-state index in [1.165, 1.54) is 16.7 Å². The van der Waals surface area contributed by atoms with E-state index in [1.807, 2.05) is 0 Å². The van der Waals surface area contributed by atoms with Crippen molar-refractivity contribution in [3.8, 4) is 11.3 Å². The highest BCUT2D eigenvalue weighted by Crippen LogP contribution is 2.40. The molecule has 1 fully saturated rings. The molecule has 9 heteroatoms. The number of carbonyl (C=O) groups excluding carboxylic acids is 1. The molecule has 1 aromatic carbocycles. The number of rotatable bonds is 3. The van der Waals surface area contributed by atoms with Crippen molar-refractivity contribution in [2.24, 2.45) is 0 Å². The van der Waals surface area contributed by atoms with E-state index < -0.39 is 22.9 Å². The maximum atomic E-state index is 14.3. The second-order valence-corrected chi connectivity index (χ2v) is 10.3. The molecule has 0 unspecified atom stereocenters. The lowest BCUT2D eigenvalue weighted by atomic mass is 9.85. The van der Waals surface area contributed by atoms with Gasteiger partial charge in [0, 0.05) is 36.1 Å². The van der Waals surface area contributed by atoms with Gasteiger partial charge in [0.2, 0.25) is 0 Å². The van der Waals surface area contributed by atoms with Gasteiger partial charge in [0.1, 0.15) is 12.4 Å². The van der Waals surface area contributed by atoms with Crippen LogP contribution < -0.4 is 11.0 Å². The lowest BCUT2D eigenvalue weighted by Gasteiger charge is -2.31. The van der Waals surface area contributed by atoms with Crippen LogP contribution in [0.2, 0.25) is 0 Å². The van der Waals surface area contributed by atoms with Gasteiger partial charge in [0.15, 0.2) is 11.0 Å². The van der Waals surface area contributed by atoms with Crippen molar-refractivity contribution in [1.82, 2.24) is 14.0 Å². The van der Waals surface area contributed by atoms with Gasteiger partial charge in [0.25, 0.3) is 5.56 Å². The van der Waals surface area contributed by atoms with Crippen molar-refractivity contribution in [2.45, 2.75) is 64.4 Å². The van der Waals surface area contributed by atoms with E-state index >= 15 is 0 Å². The predicted molar refractivity (Wildman–Crippen MR) is 131 cm³/mol. The Morgan fingerprint density at radius 1 is 1.22 bits per heavy atom. The van der Waals surface area contributed by atoms with E-state index in [-0.39, 0.29) is 47.6 Å². The maximum absolute atomic E-state index is 14.3. The van der Waals surface area contributed by atoms with Crippen LogP contribution in [0.15, 0.2) is 33.9 Å². The van der Waals surface area contributed by atoms with E-state index in [9.17, 15) is 23.9 Å². The Balaban J connectivity index is 1.65. The van der Waals surface area contributed by atoms with Crippen molar-refractivity contribution in [2.75, 3.05) is 13.1 Å². The average molecular weight is 494 g/mol. The highest BCUT2D eigenvalue weighted by Gasteiger charge is 2.46. The van der Waals surface area contributed by atoms with Crippen LogP contribution in [0.4, 0.5) is 4.39 Å². The van der Waals surface area contributed by atoms with Crippen molar-refractivity contribution in [3.63, 3.8) is 0 Å². The fraction of sp³-hybridized carbons (Fsp3) is 0.444. The van der Waals surface area contributed by atoms with Crippen LogP contribution in [-0.4, -0.2) is 44.2 Å². The predicted octanol–water partition coefficient (Wildman–Crippen LogP) is 2.64. The maximum Gasteiger partial charge on any atom is 0.343 e. The monoisotopic (exact) mass is 493 g/mol. The molecule has 1 saturated heterocycles. The number of cyclic esters (lactones) is 1. The molecule has 6 rings (SSSR count). The van der Waals surface area contributed by atoms with Crippen LogP contribution in [0, 0.1) is 5.82 Å². The molecule has 0 amide bonds. The molecule has 0 bridgehead atoms. The van der Waals surface area contributed by atoms with Gasteiger partial charge in [-0.15, -0.1) is 0 Å². The molecule has 8 nitrogen and oxygen atoms in total. The molecule has 0 spiro atoms. The van der Waals surface area contributed by atoms with Gasteiger partial charge in [-0.3, -0.25) is 14.5 Å². The molecule has 3 aliphatic heterocycles. The first kappa shape index (κ1) is 23.1. The summed E-state index contributed by atoms with van der Waals surface area (Å²) < 4.78 is 23.1. The summed E-state index contributed by atoms with van der Waals surface area (Å²) in [6, 6.07) is 6.25. The molecule has 188 valence electrons. The Labute approximate surface area is 206 Å². The number of pyridine rings is 2. The lowest BCUT2D eigenvalue weighted by molar-refractivity contribution is -0.172. The Bertz CT molecular complexity index is 1570. The summed E-state index contributed by atoms with van der Waals surface area (Å²) in [5.74, 6) is -1.32. The second kappa shape index (κ2) is 7.85. The number of benzene rings is 1. The van der Waals surface area contributed by atoms with Gasteiger partial charge >= 0.3 is 5.97 Å². The summed E-state index contributed by atoms with van der Waals surface area (Å²) in [6.45, 7) is 7.55. The van der Waals surface area contributed by atoms with Gasteiger partial charge < -0.3 is 19.0 Å². The minimum atomic E-state index is -1.96. The average Bonchev–Trinajstić information content (AvgIpc) is 3.49. The van der Waals surface area contributed by atoms with E-state index in [2.05, 4.69) is 23.3 Å². The normalized spacial score (nSPS) is 23.2. The molecule has 1 N–H and O–H groups in total. The Morgan fingerprint density at radius 3 is 2.69 bits per heavy atom. The molecule has 3 aliphatic rings. The molecule has 0 radical (unpaired) electrons. The van der Waals surface area contributed by atoms with Crippen molar-refractivity contribution >= 4 is 16.9 Å². The third-order valence-corrected chi connectivity index (χ3v) is 8.17. The quantitative estimate of drug-likeness (QED) is 0.441. The van der Waals surface area contributed by atoms with Crippen LogP contribution in [0.3, 0.4) is 0 Å². The van der Waals surface area contributed by atoms with Crippen molar-refractivity contribution in [1.29, 1.82) is 0 Å². The minimum absolute atomic E-state index is 0.0227. The number of fused-ring (bicyclic) bond motifs is 5. The molecule has 5 heterocycles. The summed E-state index contributed by atoms with van der Waals surface area (Å²) >= 11 is 0. The number of nitrogens with zero attached hydrogens (tertiary/aromatic N) is 3. The van der Waals surface area contributed by atoms with Crippen molar-refractivity contribution < 1.29 is 19.0 Å². The summed E-state index contributed by atoms with van der Waals surface area (Å²) in [5.41, 5.74) is -0.304. The summed E-state index contributed by atoms with van der Waals surface area (Å²) in [6.07, 6.45) is 0.883. The zero-order valence-electron chi connectivity index (χ0n) is 20.5. The fourth-order valence-corrected chi connectivity index (χ4v) is 6.13. The molecule has 36 heavy (non-hydrogen) atoms. The van der Waals surface area contributed by atoms with Crippen LogP contribution in [0.25, 0.3) is 22.2 Å². The van der Waals surface area contributed by atoms with Gasteiger partial charge in [-0.05, 0) is 51.0 Å². The zero-order valence-corrected chi connectivity index (χ0v) is 20.5. The van der Waals surface area contributed by atoms with Crippen molar-refractivity contribution in [3.05, 3.63) is 67.5 Å². The van der Waals surface area contributed by atoms with Gasteiger partial charge in [-0.2, -0.15) is 0 Å². The number of esters is 1. The molecule has 2 atom stereocenters. The Morgan fingerprint density at radius 2 is 2.00 bits per heavy atom. The van der Waals surface area contributed by atoms with Crippen LogP contribution in [0.1, 0.15) is 56.5 Å². The summed E-state index contributed by atoms with van der Waals surface area (Å²) in [7, 11) is 0. The number of hydrogen-bond donors (Lipinski definition) is 1. The van der Waals surface area contributed by atoms with E-state index in [1.54, 1.807) is 19.1 Å². The van der Waals surface area contributed by atoms with Gasteiger partial charge in [-0.1, -0.05) is 6.92 Å². The van der Waals surface area contributed by atoms with E-state index in [0.717, 1.165) is 19.5 Å². The second-order valence-electron chi connectivity index (χ2n) is 10.3. The van der Waals surface area contributed by atoms with Crippen LogP contribution >= 0.6 is 0 Å². The highest BCUT2D eigenvalue weighted by atomic mass is 19.1. The topological polar surface area (TPSA) is 93.8 Å². The molecule has 2 aromatic heterocycles. The first-order valence-corrected chi connectivity index (χ1v) is 12.4. The smallest absolute Gasteiger partial charge is 0.343 e. The molecule has 0 saturated carbocycles. The molecule has 0 aliphatic carbocycles. The number of halogens is 1. The number of aromatic nitrogens is 2. The van der Waals surface area contributed by atoms with E-state index in [0.29, 0.717) is 28.5 Å². The number of hydrogen-bond acceptors (Lipinski definition) is 6. The van der Waals surface area contributed by atoms with E-state index in [4.69, 9.17) is 4.74 Å². The first-order valence-electron chi connectivity index (χ1n) is 12.4. The molecular formula is C27H28FN3O5. The summed E-state index contributed by atoms with van der Waals surface area (Å²) in [5, 5.41) is 11.4.